The number of methoxy groups -OCH3 is 1. The molecule has 3 fully saturated rings. The van der Waals surface area contributed by atoms with Gasteiger partial charge in [0, 0.05) is 18.9 Å². The molecule has 38 heavy (non-hydrogen) atoms. The molecule has 0 bridgehead atoms. The third-order valence-electron chi connectivity index (χ3n) is 11.1. The molecule has 0 amide bonds. The molecule has 0 aromatic carbocycles. The summed E-state index contributed by atoms with van der Waals surface area (Å²) in [4.78, 5) is 13.3. The molecular weight excluding hydrogens is 505 g/mol. The van der Waals surface area contributed by atoms with Crippen molar-refractivity contribution in [2.24, 2.45) is 23.7 Å². The molecular formula is C32H58O4Si2. The standard InChI is InChI=1S/C32H58O4Si2/c1-13-24-28-25(19-20-26(23-17-15-14-16-18-23)35-37(9,10)30(2,3)4)27(36-38(11,12)31(5,6)7)21-22-32(28,34-8)29(24)33/h23-28H,13-18,21-22H2,1-12H3/t24?,25-,26-,27+,28+,32+/m1/s1. The highest BCUT2D eigenvalue weighted by atomic mass is 28.4. The maximum absolute atomic E-state index is 13.3. The monoisotopic (exact) mass is 562 g/mol. The highest BCUT2D eigenvalue weighted by molar-refractivity contribution is 6.74. The van der Waals surface area contributed by atoms with Crippen molar-refractivity contribution in [3.63, 3.8) is 0 Å². The number of carbonyl (C=O) groups is 1. The molecule has 3 rings (SSSR count). The lowest BCUT2D eigenvalue weighted by Crippen LogP contribution is -2.70. The maximum Gasteiger partial charge on any atom is 0.193 e. The summed E-state index contributed by atoms with van der Waals surface area (Å²) in [5.41, 5.74) is -0.687. The Morgan fingerprint density at radius 3 is 2.03 bits per heavy atom. The Kier molecular flexibility index (Phi) is 9.65. The third kappa shape index (κ3) is 6.08. The van der Waals surface area contributed by atoms with Gasteiger partial charge in [-0.15, -0.1) is 0 Å². The van der Waals surface area contributed by atoms with Crippen LogP contribution in [-0.2, 0) is 18.4 Å². The fourth-order valence-electron chi connectivity index (χ4n) is 6.47. The molecule has 3 aliphatic rings. The number of hydrogen-bond donors (Lipinski definition) is 0. The molecule has 0 aromatic heterocycles. The van der Waals surface area contributed by atoms with Crippen LogP contribution in [0.3, 0.4) is 0 Å². The van der Waals surface area contributed by atoms with Gasteiger partial charge in [-0.1, -0.05) is 79.6 Å². The van der Waals surface area contributed by atoms with Gasteiger partial charge >= 0.3 is 0 Å². The maximum atomic E-state index is 13.3. The zero-order valence-electron chi connectivity index (χ0n) is 26.8. The Bertz CT molecular complexity index is 897. The van der Waals surface area contributed by atoms with E-state index in [1.165, 1.54) is 32.1 Å². The summed E-state index contributed by atoms with van der Waals surface area (Å²) >= 11 is 0. The topological polar surface area (TPSA) is 44.8 Å². The van der Waals surface area contributed by atoms with Crippen LogP contribution in [0.5, 0.6) is 0 Å². The van der Waals surface area contributed by atoms with Gasteiger partial charge in [-0.2, -0.15) is 0 Å². The van der Waals surface area contributed by atoms with Crippen molar-refractivity contribution in [2.75, 3.05) is 7.11 Å². The quantitative estimate of drug-likeness (QED) is 0.231. The van der Waals surface area contributed by atoms with Crippen molar-refractivity contribution in [3.05, 3.63) is 0 Å². The first-order chi connectivity index (χ1) is 17.4. The summed E-state index contributed by atoms with van der Waals surface area (Å²) in [6.07, 6.45) is 8.67. The number of rotatable bonds is 7. The Balaban J connectivity index is 2.03. The van der Waals surface area contributed by atoms with E-state index in [-0.39, 0.29) is 45.8 Å². The molecule has 0 spiro atoms. The second-order valence-corrected chi connectivity index (χ2v) is 25.0. The molecule has 0 radical (unpaired) electrons. The van der Waals surface area contributed by atoms with Crippen molar-refractivity contribution in [1.82, 2.24) is 0 Å². The SMILES string of the molecule is CCC1C(=O)[C@]2(OC)CC[C@H](O[Si](C)(C)C(C)(C)C)[C@@H](C#C[C@@H](O[Si](C)(C)C(C)(C)C)C3CCCCC3)[C@H]12. The Morgan fingerprint density at radius 1 is 0.947 bits per heavy atom. The molecule has 3 aliphatic carbocycles. The van der Waals surface area contributed by atoms with Crippen LogP contribution in [0.4, 0.5) is 0 Å². The lowest BCUT2D eigenvalue weighted by Gasteiger charge is -2.59. The number of fused-ring (bicyclic) bond motifs is 1. The molecule has 3 saturated carbocycles. The van der Waals surface area contributed by atoms with Crippen LogP contribution in [0.25, 0.3) is 0 Å². The highest BCUT2D eigenvalue weighted by Gasteiger charge is 2.67. The molecule has 0 aromatic rings. The van der Waals surface area contributed by atoms with Crippen molar-refractivity contribution < 1.29 is 18.4 Å². The second kappa shape index (κ2) is 11.4. The van der Waals surface area contributed by atoms with E-state index in [0.717, 1.165) is 19.3 Å². The van der Waals surface area contributed by atoms with Crippen LogP contribution in [0.2, 0.25) is 36.3 Å². The first-order valence-corrected chi connectivity index (χ1v) is 21.2. The van der Waals surface area contributed by atoms with E-state index in [2.05, 4.69) is 86.5 Å². The summed E-state index contributed by atoms with van der Waals surface area (Å²) in [7, 11) is -2.28. The van der Waals surface area contributed by atoms with Crippen LogP contribution >= 0.6 is 0 Å². The molecule has 1 unspecified atom stereocenters. The lowest BCUT2D eigenvalue weighted by atomic mass is 9.49. The van der Waals surface area contributed by atoms with Crippen LogP contribution in [0, 0.1) is 35.5 Å². The van der Waals surface area contributed by atoms with Crippen LogP contribution in [0.1, 0.15) is 99.8 Å². The van der Waals surface area contributed by atoms with E-state index in [1.807, 2.05) is 0 Å². The second-order valence-electron chi connectivity index (χ2n) is 15.5. The van der Waals surface area contributed by atoms with E-state index < -0.39 is 22.2 Å². The van der Waals surface area contributed by atoms with Gasteiger partial charge in [-0.25, -0.2) is 0 Å². The summed E-state index contributed by atoms with van der Waals surface area (Å²) in [6, 6.07) is 0. The molecule has 6 atom stereocenters. The molecule has 0 saturated heterocycles. The van der Waals surface area contributed by atoms with Crippen LogP contribution in [-0.4, -0.2) is 47.3 Å². The molecule has 0 heterocycles. The van der Waals surface area contributed by atoms with Crippen LogP contribution in [0.15, 0.2) is 0 Å². The van der Waals surface area contributed by atoms with E-state index in [0.29, 0.717) is 5.92 Å². The average Bonchev–Trinajstić information content (AvgIpc) is 2.81. The number of ether oxygens (including phenoxy) is 1. The summed E-state index contributed by atoms with van der Waals surface area (Å²) in [5, 5.41) is 0.260. The minimum atomic E-state index is -2.01. The smallest absolute Gasteiger partial charge is 0.193 e. The predicted octanol–water partition coefficient (Wildman–Crippen LogP) is 8.37. The van der Waals surface area contributed by atoms with Gasteiger partial charge in [0.05, 0.1) is 12.0 Å². The molecule has 0 aliphatic heterocycles. The Morgan fingerprint density at radius 2 is 1.53 bits per heavy atom. The van der Waals surface area contributed by atoms with Gasteiger partial charge in [0.25, 0.3) is 0 Å². The van der Waals surface area contributed by atoms with Crippen molar-refractivity contribution in [2.45, 2.75) is 154 Å². The number of carbonyl (C=O) groups excluding carboxylic acids is 1. The lowest BCUT2D eigenvalue weighted by molar-refractivity contribution is -0.206. The van der Waals surface area contributed by atoms with E-state index >= 15 is 0 Å². The largest absolute Gasteiger partial charge is 0.413 e. The normalized spacial score (nSPS) is 32.2. The molecule has 4 nitrogen and oxygen atoms in total. The number of ketones is 1. The van der Waals surface area contributed by atoms with Gasteiger partial charge in [-0.05, 0) is 74.3 Å². The Hall–Kier alpha value is -0.456. The highest BCUT2D eigenvalue weighted by Crippen LogP contribution is 2.57. The fourth-order valence-corrected chi connectivity index (χ4v) is 9.08. The van der Waals surface area contributed by atoms with Crippen LogP contribution < -0.4 is 0 Å². The summed E-state index contributed by atoms with van der Waals surface area (Å²) in [5.74, 6) is 8.44. The van der Waals surface area contributed by atoms with E-state index in [4.69, 9.17) is 13.6 Å². The van der Waals surface area contributed by atoms with Gasteiger partial charge in [-0.3, -0.25) is 4.79 Å². The van der Waals surface area contributed by atoms with E-state index in [9.17, 15) is 4.79 Å². The van der Waals surface area contributed by atoms with Crippen molar-refractivity contribution in [3.8, 4) is 11.8 Å². The van der Waals surface area contributed by atoms with Crippen molar-refractivity contribution >= 4 is 22.4 Å². The average molecular weight is 563 g/mol. The summed E-state index contributed by atoms with van der Waals surface area (Å²) < 4.78 is 20.2. The van der Waals surface area contributed by atoms with Gasteiger partial charge < -0.3 is 13.6 Å². The zero-order chi connectivity index (χ0) is 28.7. The minimum Gasteiger partial charge on any atom is -0.413 e. The van der Waals surface area contributed by atoms with Gasteiger partial charge in [0.2, 0.25) is 0 Å². The van der Waals surface area contributed by atoms with Gasteiger partial charge in [0.1, 0.15) is 11.7 Å². The zero-order valence-corrected chi connectivity index (χ0v) is 28.8. The molecule has 6 heteroatoms. The third-order valence-corrected chi connectivity index (χ3v) is 20.0. The number of Topliss-reactive ketones (excluding diaryl/α,β-unsaturated/α-hetero) is 1. The fraction of sp³-hybridized carbons (Fsp3) is 0.906. The Labute approximate surface area is 237 Å². The van der Waals surface area contributed by atoms with Gasteiger partial charge in [0.15, 0.2) is 22.4 Å². The van der Waals surface area contributed by atoms with E-state index in [1.54, 1.807) is 7.11 Å². The van der Waals surface area contributed by atoms with Crippen molar-refractivity contribution in [1.29, 1.82) is 0 Å². The predicted molar refractivity (Wildman–Crippen MR) is 163 cm³/mol. The first kappa shape index (κ1) is 32.1. The molecule has 0 N–H and O–H groups in total. The number of hydrogen-bond acceptors (Lipinski definition) is 4. The summed E-state index contributed by atoms with van der Waals surface area (Å²) in [6.45, 7) is 25.4. The first-order valence-electron chi connectivity index (χ1n) is 15.4. The minimum absolute atomic E-state index is 0.00502. The molecule has 218 valence electrons.